The molecule has 0 radical (unpaired) electrons. The van der Waals surface area contributed by atoms with Gasteiger partial charge in [0, 0.05) is 6.42 Å². The Kier molecular flexibility index (Phi) is 3.77. The van der Waals surface area contributed by atoms with Crippen molar-refractivity contribution < 1.29 is 19.4 Å². The maximum Gasteiger partial charge on any atom is 0.338 e. The lowest BCUT2D eigenvalue weighted by atomic mass is 9.91. The van der Waals surface area contributed by atoms with Crippen LogP contribution in [0.15, 0.2) is 42.5 Å². The van der Waals surface area contributed by atoms with Gasteiger partial charge < -0.3 is 9.84 Å². The van der Waals surface area contributed by atoms with Gasteiger partial charge in [-0.15, -0.1) is 0 Å². The number of carboxylic acid groups (broad SMARTS) is 1. The molecular formula is C14H14O4. The molecule has 0 bridgehead atoms. The van der Waals surface area contributed by atoms with Crippen molar-refractivity contribution in [1.29, 1.82) is 0 Å². The van der Waals surface area contributed by atoms with E-state index in [0.29, 0.717) is 18.4 Å². The number of carboxylic acids is 1. The Morgan fingerprint density at radius 2 is 1.78 bits per heavy atom. The Labute approximate surface area is 105 Å². The molecule has 0 amide bonds. The molecule has 0 heterocycles. The number of hydrogen-bond donors (Lipinski definition) is 1. The van der Waals surface area contributed by atoms with E-state index in [9.17, 15) is 9.59 Å². The Hall–Kier alpha value is -2.10. The number of benzene rings is 1. The van der Waals surface area contributed by atoms with E-state index in [1.165, 1.54) is 0 Å². The van der Waals surface area contributed by atoms with Gasteiger partial charge in [0.1, 0.15) is 6.10 Å². The van der Waals surface area contributed by atoms with Crippen LogP contribution in [0.25, 0.3) is 0 Å². The van der Waals surface area contributed by atoms with Crippen LogP contribution < -0.4 is 0 Å². The molecule has 94 valence electrons. The standard InChI is InChI=1S/C14H14O4/c15-13(16)11-8-4-5-9-12(11)18-14(17)10-6-2-1-3-7-10/h1-7,11-12H,8-9H2,(H,15,16)/t11-,12+/m1/s1. The zero-order chi connectivity index (χ0) is 13.0. The van der Waals surface area contributed by atoms with E-state index in [1.54, 1.807) is 30.3 Å². The van der Waals surface area contributed by atoms with Crippen molar-refractivity contribution in [3.63, 3.8) is 0 Å². The summed E-state index contributed by atoms with van der Waals surface area (Å²) in [5.41, 5.74) is 0.441. The molecule has 1 aliphatic carbocycles. The van der Waals surface area contributed by atoms with E-state index in [0.717, 1.165) is 0 Å². The summed E-state index contributed by atoms with van der Waals surface area (Å²) in [6, 6.07) is 8.59. The minimum Gasteiger partial charge on any atom is -0.481 e. The Balaban J connectivity index is 2.06. The van der Waals surface area contributed by atoms with Crippen molar-refractivity contribution in [1.82, 2.24) is 0 Å². The van der Waals surface area contributed by atoms with Gasteiger partial charge in [-0.1, -0.05) is 30.4 Å². The third kappa shape index (κ3) is 2.77. The van der Waals surface area contributed by atoms with Gasteiger partial charge in [0.25, 0.3) is 0 Å². The van der Waals surface area contributed by atoms with Crippen LogP contribution in [0.1, 0.15) is 23.2 Å². The quantitative estimate of drug-likeness (QED) is 0.656. The maximum atomic E-state index is 11.8. The van der Waals surface area contributed by atoms with E-state index in [4.69, 9.17) is 9.84 Å². The number of carbonyl (C=O) groups excluding carboxylic acids is 1. The largest absolute Gasteiger partial charge is 0.481 e. The van der Waals surface area contributed by atoms with E-state index in [2.05, 4.69) is 0 Å². The molecule has 1 aromatic rings. The Bertz CT molecular complexity index is 464. The van der Waals surface area contributed by atoms with Crippen molar-refractivity contribution in [2.24, 2.45) is 5.92 Å². The molecule has 0 saturated carbocycles. The molecule has 18 heavy (non-hydrogen) atoms. The number of hydrogen-bond acceptors (Lipinski definition) is 3. The third-order valence-electron chi connectivity index (χ3n) is 2.96. The van der Waals surface area contributed by atoms with Crippen molar-refractivity contribution in [2.75, 3.05) is 0 Å². The van der Waals surface area contributed by atoms with Gasteiger partial charge in [0.2, 0.25) is 0 Å². The first-order valence-corrected chi connectivity index (χ1v) is 5.82. The van der Waals surface area contributed by atoms with Gasteiger partial charge in [-0.25, -0.2) is 4.79 Å². The molecule has 0 unspecified atom stereocenters. The number of aliphatic carboxylic acids is 1. The average Bonchev–Trinajstić information content (AvgIpc) is 2.40. The summed E-state index contributed by atoms with van der Waals surface area (Å²) in [6.45, 7) is 0. The fraction of sp³-hybridized carbons (Fsp3) is 0.286. The first-order chi connectivity index (χ1) is 8.68. The Morgan fingerprint density at radius 1 is 1.11 bits per heavy atom. The summed E-state index contributed by atoms with van der Waals surface area (Å²) >= 11 is 0. The zero-order valence-electron chi connectivity index (χ0n) is 9.78. The first kappa shape index (κ1) is 12.4. The fourth-order valence-corrected chi connectivity index (χ4v) is 1.96. The molecule has 1 N–H and O–H groups in total. The summed E-state index contributed by atoms with van der Waals surface area (Å²) in [6.07, 6.45) is 3.94. The van der Waals surface area contributed by atoms with Crippen molar-refractivity contribution in [3.8, 4) is 0 Å². The summed E-state index contributed by atoms with van der Waals surface area (Å²) in [4.78, 5) is 22.9. The molecule has 4 heteroatoms. The third-order valence-corrected chi connectivity index (χ3v) is 2.96. The van der Waals surface area contributed by atoms with Crippen LogP contribution in [-0.4, -0.2) is 23.1 Å². The topological polar surface area (TPSA) is 63.6 Å². The molecule has 0 saturated heterocycles. The zero-order valence-corrected chi connectivity index (χ0v) is 9.78. The molecule has 4 nitrogen and oxygen atoms in total. The monoisotopic (exact) mass is 246 g/mol. The first-order valence-electron chi connectivity index (χ1n) is 5.82. The molecule has 1 aromatic carbocycles. The van der Waals surface area contributed by atoms with E-state index < -0.39 is 24.0 Å². The molecule has 2 rings (SSSR count). The van der Waals surface area contributed by atoms with Crippen LogP contribution in [0.4, 0.5) is 0 Å². The number of esters is 1. The summed E-state index contributed by atoms with van der Waals surface area (Å²) in [5, 5.41) is 9.07. The van der Waals surface area contributed by atoms with E-state index >= 15 is 0 Å². The van der Waals surface area contributed by atoms with Crippen LogP contribution in [-0.2, 0) is 9.53 Å². The van der Waals surface area contributed by atoms with Crippen molar-refractivity contribution in [3.05, 3.63) is 48.0 Å². The highest BCUT2D eigenvalue weighted by Crippen LogP contribution is 2.23. The lowest BCUT2D eigenvalue weighted by Crippen LogP contribution is -2.33. The van der Waals surface area contributed by atoms with Crippen LogP contribution in [0.5, 0.6) is 0 Å². The molecule has 0 fully saturated rings. The summed E-state index contributed by atoms with van der Waals surface area (Å²) in [7, 11) is 0. The fourth-order valence-electron chi connectivity index (χ4n) is 1.96. The predicted molar refractivity (Wildman–Crippen MR) is 65.1 cm³/mol. The molecule has 0 aliphatic heterocycles. The van der Waals surface area contributed by atoms with Gasteiger partial charge in [-0.2, -0.15) is 0 Å². The lowest BCUT2D eigenvalue weighted by molar-refractivity contribution is -0.145. The normalized spacial score (nSPS) is 22.4. The second-order valence-corrected chi connectivity index (χ2v) is 4.20. The van der Waals surface area contributed by atoms with Gasteiger partial charge in [0.15, 0.2) is 0 Å². The van der Waals surface area contributed by atoms with Crippen LogP contribution in [0, 0.1) is 5.92 Å². The van der Waals surface area contributed by atoms with E-state index in [-0.39, 0.29) is 0 Å². The highest BCUT2D eigenvalue weighted by Gasteiger charge is 2.31. The number of carbonyl (C=O) groups is 2. The van der Waals surface area contributed by atoms with Crippen LogP contribution in [0.3, 0.4) is 0 Å². The average molecular weight is 246 g/mol. The van der Waals surface area contributed by atoms with Crippen molar-refractivity contribution >= 4 is 11.9 Å². The lowest BCUT2D eigenvalue weighted by Gasteiger charge is -2.25. The van der Waals surface area contributed by atoms with Gasteiger partial charge in [-0.3, -0.25) is 4.79 Å². The molecule has 0 aromatic heterocycles. The molecular weight excluding hydrogens is 232 g/mol. The highest BCUT2D eigenvalue weighted by atomic mass is 16.5. The SMILES string of the molecule is O=C(O[C@H]1CC=CC[C@H]1C(=O)O)c1ccccc1. The summed E-state index contributed by atoms with van der Waals surface area (Å²) < 4.78 is 5.28. The Morgan fingerprint density at radius 3 is 2.44 bits per heavy atom. The van der Waals surface area contributed by atoms with Crippen molar-refractivity contribution in [2.45, 2.75) is 18.9 Å². The number of ether oxygens (including phenoxy) is 1. The predicted octanol–water partition coefficient (Wildman–Crippen LogP) is 2.26. The summed E-state index contributed by atoms with van der Waals surface area (Å²) in [5.74, 6) is -2.05. The second-order valence-electron chi connectivity index (χ2n) is 4.20. The van der Waals surface area contributed by atoms with E-state index in [1.807, 2.05) is 12.2 Å². The molecule has 0 spiro atoms. The second kappa shape index (κ2) is 5.49. The maximum absolute atomic E-state index is 11.8. The van der Waals surface area contributed by atoms with Gasteiger partial charge >= 0.3 is 11.9 Å². The van der Waals surface area contributed by atoms with Crippen LogP contribution >= 0.6 is 0 Å². The number of allylic oxidation sites excluding steroid dienone is 1. The molecule has 1 aliphatic rings. The number of rotatable bonds is 3. The van der Waals surface area contributed by atoms with Crippen LogP contribution in [0.2, 0.25) is 0 Å². The smallest absolute Gasteiger partial charge is 0.338 e. The van der Waals surface area contributed by atoms with Gasteiger partial charge in [-0.05, 0) is 18.6 Å². The minimum absolute atomic E-state index is 0.405. The minimum atomic E-state index is -0.926. The highest BCUT2D eigenvalue weighted by molar-refractivity contribution is 5.89. The molecule has 2 atom stereocenters. The van der Waals surface area contributed by atoms with Gasteiger partial charge in [0.05, 0.1) is 11.5 Å².